The number of hydrogen-bond donors (Lipinski definition) is 1. The largest absolute Gasteiger partial charge is 0.452 e. The Hall–Kier alpha value is -2.95. The van der Waals surface area contributed by atoms with Crippen LogP contribution in [0.15, 0.2) is 54.6 Å². The molecule has 0 spiro atoms. The molecule has 0 aliphatic carbocycles. The maximum Gasteiger partial charge on any atom is 0.338 e. The first-order chi connectivity index (χ1) is 12.9. The van der Waals surface area contributed by atoms with Gasteiger partial charge < -0.3 is 10.1 Å². The van der Waals surface area contributed by atoms with E-state index in [0.29, 0.717) is 17.9 Å². The van der Waals surface area contributed by atoms with Gasteiger partial charge in [-0.3, -0.25) is 9.59 Å². The number of rotatable bonds is 8. The van der Waals surface area contributed by atoms with Crippen LogP contribution < -0.4 is 5.32 Å². The summed E-state index contributed by atoms with van der Waals surface area (Å²) in [5, 5.41) is 2.63. The Morgan fingerprint density at radius 3 is 2.15 bits per heavy atom. The predicted molar refractivity (Wildman–Crippen MR) is 104 cm³/mol. The van der Waals surface area contributed by atoms with Crippen LogP contribution in [0.2, 0.25) is 0 Å². The molecule has 1 amide bonds. The molecule has 0 aromatic heterocycles. The fourth-order valence-electron chi connectivity index (χ4n) is 2.60. The maximum atomic E-state index is 12.1. The van der Waals surface area contributed by atoms with E-state index in [4.69, 9.17) is 4.74 Å². The Morgan fingerprint density at radius 2 is 1.59 bits per heavy atom. The molecular formula is C22H25NO4. The molecule has 0 radical (unpaired) electrons. The van der Waals surface area contributed by atoms with Crippen molar-refractivity contribution < 1.29 is 19.1 Å². The second kappa shape index (κ2) is 9.67. The second-order valence-electron chi connectivity index (χ2n) is 6.77. The summed E-state index contributed by atoms with van der Waals surface area (Å²) in [5.74, 6) is -0.849. The third-order valence-corrected chi connectivity index (χ3v) is 4.26. The molecule has 142 valence electrons. The summed E-state index contributed by atoms with van der Waals surface area (Å²) in [6.07, 6.45) is 0.395. The van der Waals surface area contributed by atoms with Gasteiger partial charge in [0.25, 0.3) is 5.91 Å². The van der Waals surface area contributed by atoms with Crippen LogP contribution >= 0.6 is 0 Å². The Morgan fingerprint density at radius 1 is 0.963 bits per heavy atom. The minimum absolute atomic E-state index is 0.150. The highest BCUT2D eigenvalue weighted by Crippen LogP contribution is 2.15. The van der Waals surface area contributed by atoms with Crippen molar-refractivity contribution in [3.8, 4) is 0 Å². The normalized spacial score (nSPS) is 11.7. The lowest BCUT2D eigenvalue weighted by atomic mass is 10.0. The van der Waals surface area contributed by atoms with Gasteiger partial charge in [-0.1, -0.05) is 56.3 Å². The molecular weight excluding hydrogens is 342 g/mol. The lowest BCUT2D eigenvalue weighted by molar-refractivity contribution is -0.128. The van der Waals surface area contributed by atoms with Gasteiger partial charge in [0.15, 0.2) is 12.4 Å². The lowest BCUT2D eigenvalue weighted by Gasteiger charge is -2.16. The van der Waals surface area contributed by atoms with Crippen molar-refractivity contribution in [2.75, 3.05) is 6.61 Å². The highest BCUT2D eigenvalue weighted by atomic mass is 16.5. The molecule has 1 N–H and O–H groups in total. The van der Waals surface area contributed by atoms with Crippen molar-refractivity contribution in [3.63, 3.8) is 0 Å². The SMILES string of the molecule is CC(=O)[C@H](Cc1ccccc1)NC(=O)COC(=O)c1ccc(C(C)C)cc1. The minimum Gasteiger partial charge on any atom is -0.452 e. The average Bonchev–Trinajstić information content (AvgIpc) is 2.66. The van der Waals surface area contributed by atoms with Gasteiger partial charge in [0, 0.05) is 0 Å². The van der Waals surface area contributed by atoms with Crippen LogP contribution in [0, 0.1) is 0 Å². The van der Waals surface area contributed by atoms with E-state index in [1.165, 1.54) is 6.92 Å². The summed E-state index contributed by atoms with van der Waals surface area (Å²) in [5.41, 5.74) is 2.45. The van der Waals surface area contributed by atoms with E-state index in [9.17, 15) is 14.4 Å². The summed E-state index contributed by atoms with van der Waals surface area (Å²) in [7, 11) is 0. The predicted octanol–water partition coefficient (Wildman–Crippen LogP) is 3.28. The van der Waals surface area contributed by atoms with Crippen molar-refractivity contribution >= 4 is 17.7 Å². The van der Waals surface area contributed by atoms with E-state index < -0.39 is 24.5 Å². The maximum absolute atomic E-state index is 12.1. The molecule has 0 saturated heterocycles. The van der Waals surface area contributed by atoms with Crippen LogP contribution in [0.1, 0.15) is 48.2 Å². The van der Waals surface area contributed by atoms with E-state index in [2.05, 4.69) is 19.2 Å². The van der Waals surface area contributed by atoms with Gasteiger partial charge in [0.05, 0.1) is 11.6 Å². The monoisotopic (exact) mass is 367 g/mol. The van der Waals surface area contributed by atoms with Gasteiger partial charge in [-0.05, 0) is 42.5 Å². The summed E-state index contributed by atoms with van der Waals surface area (Å²) < 4.78 is 5.06. The molecule has 0 saturated carbocycles. The zero-order chi connectivity index (χ0) is 19.8. The number of nitrogens with one attached hydrogen (secondary N) is 1. The van der Waals surface area contributed by atoms with Crippen LogP contribution in [0.5, 0.6) is 0 Å². The fourth-order valence-corrected chi connectivity index (χ4v) is 2.60. The van der Waals surface area contributed by atoms with Gasteiger partial charge >= 0.3 is 5.97 Å². The molecule has 2 rings (SSSR count). The summed E-state index contributed by atoms with van der Waals surface area (Å²) in [6, 6.07) is 15.9. The second-order valence-corrected chi connectivity index (χ2v) is 6.77. The molecule has 0 heterocycles. The van der Waals surface area contributed by atoms with Crippen molar-refractivity contribution in [1.29, 1.82) is 0 Å². The van der Waals surface area contributed by atoms with Gasteiger partial charge in [0.1, 0.15) is 0 Å². The Balaban J connectivity index is 1.87. The molecule has 0 bridgehead atoms. The van der Waals surface area contributed by atoms with Crippen LogP contribution in [-0.2, 0) is 20.7 Å². The topological polar surface area (TPSA) is 72.5 Å². The highest BCUT2D eigenvalue weighted by molar-refractivity contribution is 5.92. The van der Waals surface area contributed by atoms with Crippen LogP contribution in [0.3, 0.4) is 0 Å². The van der Waals surface area contributed by atoms with Gasteiger partial charge in [-0.15, -0.1) is 0 Å². The van der Waals surface area contributed by atoms with Crippen molar-refractivity contribution in [1.82, 2.24) is 5.32 Å². The number of Topliss-reactive ketones (excluding diaryl/α,β-unsaturated/α-hetero) is 1. The molecule has 5 heteroatoms. The molecule has 27 heavy (non-hydrogen) atoms. The average molecular weight is 367 g/mol. The number of ether oxygens (including phenoxy) is 1. The lowest BCUT2D eigenvalue weighted by Crippen LogP contribution is -2.43. The molecule has 0 unspecified atom stereocenters. The number of amides is 1. The van der Waals surface area contributed by atoms with E-state index in [1.54, 1.807) is 12.1 Å². The van der Waals surface area contributed by atoms with Gasteiger partial charge in [-0.25, -0.2) is 4.79 Å². The molecule has 0 aliphatic rings. The third-order valence-electron chi connectivity index (χ3n) is 4.26. The first-order valence-corrected chi connectivity index (χ1v) is 8.97. The zero-order valence-corrected chi connectivity index (χ0v) is 15.9. The number of carbonyl (C=O) groups is 3. The fraction of sp³-hybridized carbons (Fsp3) is 0.318. The number of carbonyl (C=O) groups excluding carboxylic acids is 3. The standard InChI is InChI=1S/C22H25NO4/c1-15(2)18-9-11-19(12-10-18)22(26)27-14-21(25)23-20(16(3)24)13-17-7-5-4-6-8-17/h4-12,15,20H,13-14H2,1-3H3,(H,23,25)/t20-/m0/s1. The van der Waals surface area contributed by atoms with Crippen LogP contribution in [-0.4, -0.2) is 30.3 Å². The molecule has 0 aliphatic heterocycles. The summed E-state index contributed by atoms with van der Waals surface area (Å²) in [6.45, 7) is 5.14. The summed E-state index contributed by atoms with van der Waals surface area (Å²) >= 11 is 0. The first kappa shape index (κ1) is 20.4. The molecule has 1 atom stereocenters. The number of esters is 1. The van der Waals surface area contributed by atoms with Crippen molar-refractivity contribution in [2.24, 2.45) is 0 Å². The number of ketones is 1. The smallest absolute Gasteiger partial charge is 0.338 e. The number of hydrogen-bond acceptors (Lipinski definition) is 4. The third kappa shape index (κ3) is 6.37. The van der Waals surface area contributed by atoms with Gasteiger partial charge in [-0.2, -0.15) is 0 Å². The molecule has 0 fully saturated rings. The summed E-state index contributed by atoms with van der Waals surface area (Å²) in [4.78, 5) is 36.0. The highest BCUT2D eigenvalue weighted by Gasteiger charge is 2.19. The quantitative estimate of drug-likeness (QED) is 0.727. The Kier molecular flexibility index (Phi) is 7.29. The first-order valence-electron chi connectivity index (χ1n) is 8.97. The molecule has 5 nitrogen and oxygen atoms in total. The van der Waals surface area contributed by atoms with E-state index >= 15 is 0 Å². The van der Waals surface area contributed by atoms with Crippen LogP contribution in [0.25, 0.3) is 0 Å². The molecule has 2 aromatic carbocycles. The Labute approximate surface area is 159 Å². The number of benzene rings is 2. The van der Waals surface area contributed by atoms with Crippen LogP contribution in [0.4, 0.5) is 0 Å². The van der Waals surface area contributed by atoms with Crippen molar-refractivity contribution in [3.05, 3.63) is 71.3 Å². The Bertz CT molecular complexity index is 782. The van der Waals surface area contributed by atoms with E-state index in [1.807, 2.05) is 42.5 Å². The zero-order valence-electron chi connectivity index (χ0n) is 15.9. The van der Waals surface area contributed by atoms with E-state index in [0.717, 1.165) is 11.1 Å². The van der Waals surface area contributed by atoms with Crippen molar-refractivity contribution in [2.45, 2.75) is 39.2 Å². The molecule has 2 aromatic rings. The minimum atomic E-state index is -0.649. The van der Waals surface area contributed by atoms with Gasteiger partial charge in [0.2, 0.25) is 0 Å². The van der Waals surface area contributed by atoms with E-state index in [-0.39, 0.29) is 5.78 Å².